The number of nitrogens with zero attached hydrogens (tertiary/aromatic N) is 2. The maximum absolute atomic E-state index is 11.3. The van der Waals surface area contributed by atoms with Crippen LogP contribution in [0.2, 0.25) is 0 Å². The Morgan fingerprint density at radius 2 is 2.13 bits per heavy atom. The fraction of sp³-hybridized carbons (Fsp3) is 0.545. The van der Waals surface area contributed by atoms with Gasteiger partial charge < -0.3 is 4.74 Å². The first kappa shape index (κ1) is 11.6. The SMILES string of the molecule is CCOc1cc(CC(=O)CC)nc(C)n1. The molecule has 0 aliphatic carbocycles. The van der Waals surface area contributed by atoms with Crippen molar-refractivity contribution >= 4 is 5.78 Å². The summed E-state index contributed by atoms with van der Waals surface area (Å²) in [7, 11) is 0. The van der Waals surface area contributed by atoms with Crippen LogP contribution in [0.5, 0.6) is 5.88 Å². The van der Waals surface area contributed by atoms with E-state index in [0.29, 0.717) is 31.2 Å². The molecule has 1 rings (SSSR count). The summed E-state index contributed by atoms with van der Waals surface area (Å²) in [6.07, 6.45) is 0.896. The van der Waals surface area contributed by atoms with Crippen molar-refractivity contribution in [3.05, 3.63) is 17.6 Å². The highest BCUT2D eigenvalue weighted by molar-refractivity contribution is 5.80. The lowest BCUT2D eigenvalue weighted by molar-refractivity contribution is -0.118. The minimum atomic E-state index is 0.176. The molecule has 0 atom stereocenters. The van der Waals surface area contributed by atoms with Gasteiger partial charge in [-0.25, -0.2) is 4.98 Å². The van der Waals surface area contributed by atoms with Gasteiger partial charge in [0.1, 0.15) is 11.6 Å². The van der Waals surface area contributed by atoms with Crippen molar-refractivity contribution in [1.82, 2.24) is 9.97 Å². The zero-order valence-electron chi connectivity index (χ0n) is 9.41. The zero-order valence-corrected chi connectivity index (χ0v) is 9.41. The monoisotopic (exact) mass is 208 g/mol. The Hall–Kier alpha value is -1.45. The van der Waals surface area contributed by atoms with E-state index in [2.05, 4.69) is 9.97 Å². The minimum absolute atomic E-state index is 0.176. The molecule has 0 radical (unpaired) electrons. The van der Waals surface area contributed by atoms with E-state index in [1.807, 2.05) is 13.8 Å². The number of carbonyl (C=O) groups excluding carboxylic acids is 1. The van der Waals surface area contributed by atoms with Gasteiger partial charge in [-0.1, -0.05) is 6.92 Å². The molecule has 0 unspecified atom stereocenters. The normalized spacial score (nSPS) is 10.1. The molecule has 4 nitrogen and oxygen atoms in total. The summed E-state index contributed by atoms with van der Waals surface area (Å²) in [6.45, 7) is 6.11. The lowest BCUT2D eigenvalue weighted by Gasteiger charge is -2.05. The van der Waals surface area contributed by atoms with E-state index >= 15 is 0 Å². The number of ether oxygens (including phenoxy) is 1. The highest BCUT2D eigenvalue weighted by Gasteiger charge is 2.06. The summed E-state index contributed by atoms with van der Waals surface area (Å²) in [5.74, 6) is 1.36. The van der Waals surface area contributed by atoms with Gasteiger partial charge in [-0.3, -0.25) is 4.79 Å². The summed E-state index contributed by atoms with van der Waals surface area (Å²) < 4.78 is 5.28. The molecule has 0 fully saturated rings. The van der Waals surface area contributed by atoms with Crippen LogP contribution in [0, 0.1) is 6.92 Å². The molecule has 82 valence electrons. The molecular formula is C11H16N2O2. The van der Waals surface area contributed by atoms with E-state index in [0.717, 1.165) is 5.69 Å². The number of rotatable bonds is 5. The number of Topliss-reactive ketones (excluding diaryl/α,β-unsaturated/α-hetero) is 1. The Morgan fingerprint density at radius 1 is 1.40 bits per heavy atom. The van der Waals surface area contributed by atoms with Gasteiger partial charge in [0.25, 0.3) is 0 Å². The summed E-state index contributed by atoms with van der Waals surface area (Å²) in [5.41, 5.74) is 0.734. The smallest absolute Gasteiger partial charge is 0.216 e. The van der Waals surface area contributed by atoms with E-state index in [-0.39, 0.29) is 5.78 Å². The van der Waals surface area contributed by atoms with Gasteiger partial charge in [-0.05, 0) is 13.8 Å². The molecular weight excluding hydrogens is 192 g/mol. The number of aryl methyl sites for hydroxylation is 1. The molecule has 0 bridgehead atoms. The maximum Gasteiger partial charge on any atom is 0.216 e. The molecule has 0 N–H and O–H groups in total. The van der Waals surface area contributed by atoms with Crippen molar-refractivity contribution in [2.75, 3.05) is 6.61 Å². The molecule has 0 spiro atoms. The number of aromatic nitrogens is 2. The number of ketones is 1. The fourth-order valence-corrected chi connectivity index (χ4v) is 1.24. The third kappa shape index (κ3) is 3.65. The van der Waals surface area contributed by atoms with Crippen LogP contribution in [-0.4, -0.2) is 22.4 Å². The Morgan fingerprint density at radius 3 is 2.73 bits per heavy atom. The van der Waals surface area contributed by atoms with E-state index in [1.165, 1.54) is 0 Å². The van der Waals surface area contributed by atoms with Gasteiger partial charge in [0.2, 0.25) is 5.88 Å². The lowest BCUT2D eigenvalue weighted by Crippen LogP contribution is -2.06. The third-order valence-corrected chi connectivity index (χ3v) is 1.93. The third-order valence-electron chi connectivity index (χ3n) is 1.93. The molecule has 0 amide bonds. The molecule has 0 aliphatic rings. The van der Waals surface area contributed by atoms with Crippen molar-refractivity contribution in [2.24, 2.45) is 0 Å². The quantitative estimate of drug-likeness (QED) is 0.739. The maximum atomic E-state index is 11.3. The van der Waals surface area contributed by atoms with Gasteiger partial charge in [0.15, 0.2) is 0 Å². The average Bonchev–Trinajstić information content (AvgIpc) is 2.17. The van der Waals surface area contributed by atoms with Crippen LogP contribution in [-0.2, 0) is 11.2 Å². The van der Waals surface area contributed by atoms with Gasteiger partial charge >= 0.3 is 0 Å². The summed E-state index contributed by atoms with van der Waals surface area (Å²) in [6, 6.07) is 1.73. The van der Waals surface area contributed by atoms with Crippen LogP contribution in [0.1, 0.15) is 31.8 Å². The summed E-state index contributed by atoms with van der Waals surface area (Å²) in [5, 5.41) is 0. The first-order chi connectivity index (χ1) is 7.15. The second kappa shape index (κ2) is 5.44. The molecule has 0 aliphatic heterocycles. The number of hydrogen-bond donors (Lipinski definition) is 0. The topological polar surface area (TPSA) is 52.1 Å². The Balaban J connectivity index is 2.83. The van der Waals surface area contributed by atoms with Crippen LogP contribution in [0.3, 0.4) is 0 Å². The van der Waals surface area contributed by atoms with Crippen molar-refractivity contribution in [3.8, 4) is 5.88 Å². The first-order valence-corrected chi connectivity index (χ1v) is 5.14. The average molecular weight is 208 g/mol. The summed E-state index contributed by atoms with van der Waals surface area (Å²) in [4.78, 5) is 19.6. The molecule has 15 heavy (non-hydrogen) atoms. The van der Waals surface area contributed by atoms with Crippen LogP contribution >= 0.6 is 0 Å². The molecule has 0 saturated carbocycles. The standard InChI is InChI=1S/C11H16N2O2/c1-4-10(14)6-9-7-11(15-5-2)13-8(3)12-9/h7H,4-6H2,1-3H3. The van der Waals surface area contributed by atoms with E-state index in [9.17, 15) is 4.79 Å². The van der Waals surface area contributed by atoms with Crippen LogP contribution in [0.15, 0.2) is 6.07 Å². The van der Waals surface area contributed by atoms with E-state index in [4.69, 9.17) is 4.74 Å². The highest BCUT2D eigenvalue weighted by Crippen LogP contribution is 2.10. The predicted molar refractivity (Wildman–Crippen MR) is 56.9 cm³/mol. The molecule has 1 heterocycles. The molecule has 0 aromatic carbocycles. The summed E-state index contributed by atoms with van der Waals surface area (Å²) >= 11 is 0. The second-order valence-electron chi connectivity index (χ2n) is 3.25. The van der Waals surface area contributed by atoms with E-state index < -0.39 is 0 Å². The molecule has 0 saturated heterocycles. The van der Waals surface area contributed by atoms with Gasteiger partial charge in [0.05, 0.1) is 12.3 Å². The van der Waals surface area contributed by atoms with Gasteiger partial charge in [-0.15, -0.1) is 0 Å². The second-order valence-corrected chi connectivity index (χ2v) is 3.25. The fourth-order valence-electron chi connectivity index (χ4n) is 1.24. The van der Waals surface area contributed by atoms with Crippen LogP contribution in [0.25, 0.3) is 0 Å². The van der Waals surface area contributed by atoms with Crippen molar-refractivity contribution < 1.29 is 9.53 Å². The largest absolute Gasteiger partial charge is 0.478 e. The number of carbonyl (C=O) groups is 1. The molecule has 1 aromatic rings. The van der Waals surface area contributed by atoms with Gasteiger partial charge in [-0.2, -0.15) is 4.98 Å². The number of hydrogen-bond acceptors (Lipinski definition) is 4. The first-order valence-electron chi connectivity index (χ1n) is 5.14. The highest BCUT2D eigenvalue weighted by atomic mass is 16.5. The predicted octanol–water partition coefficient (Wildman–Crippen LogP) is 1.71. The van der Waals surface area contributed by atoms with Crippen molar-refractivity contribution in [2.45, 2.75) is 33.6 Å². The Kier molecular flexibility index (Phi) is 4.21. The molecule has 1 aromatic heterocycles. The van der Waals surface area contributed by atoms with Crippen LogP contribution in [0.4, 0.5) is 0 Å². The van der Waals surface area contributed by atoms with Gasteiger partial charge in [0, 0.05) is 18.9 Å². The van der Waals surface area contributed by atoms with Crippen molar-refractivity contribution in [1.29, 1.82) is 0 Å². The minimum Gasteiger partial charge on any atom is -0.478 e. The van der Waals surface area contributed by atoms with Crippen molar-refractivity contribution in [3.63, 3.8) is 0 Å². The van der Waals surface area contributed by atoms with Crippen LogP contribution < -0.4 is 4.74 Å². The zero-order chi connectivity index (χ0) is 11.3. The Bertz CT molecular complexity index is 350. The van der Waals surface area contributed by atoms with E-state index in [1.54, 1.807) is 13.0 Å². The lowest BCUT2D eigenvalue weighted by atomic mass is 10.2. The molecule has 4 heteroatoms. The Labute approximate surface area is 89.7 Å².